The van der Waals surface area contributed by atoms with Gasteiger partial charge in [-0.15, -0.1) is 0 Å². The van der Waals surface area contributed by atoms with Gasteiger partial charge < -0.3 is 4.74 Å². The van der Waals surface area contributed by atoms with Crippen molar-refractivity contribution in [3.05, 3.63) is 111 Å². The molecule has 4 aromatic rings. The quantitative estimate of drug-likeness (QED) is 0.0564. The Morgan fingerprint density at radius 2 is 1.64 bits per heavy atom. The van der Waals surface area contributed by atoms with Crippen molar-refractivity contribution in [2.24, 2.45) is 35.5 Å². The number of ketones is 1. The Morgan fingerprint density at radius 3 is 2.30 bits per heavy atom. The number of halogens is 1. The molecule has 1 saturated heterocycles. The predicted molar refractivity (Wildman–Crippen MR) is 172 cm³/mol. The molecule has 2 saturated carbocycles. The van der Waals surface area contributed by atoms with Gasteiger partial charge in [0.25, 0.3) is 5.69 Å². The number of aromatic nitrogens is 1. The summed E-state index contributed by atoms with van der Waals surface area (Å²) in [5, 5.41) is 12.1. The van der Waals surface area contributed by atoms with Crippen LogP contribution in [0.3, 0.4) is 0 Å². The molecule has 47 heavy (non-hydrogen) atoms. The van der Waals surface area contributed by atoms with Crippen molar-refractivity contribution in [1.29, 1.82) is 0 Å². The number of nitro benzene ring substituents is 1. The molecule has 0 N–H and O–H groups in total. The molecule has 10 nitrogen and oxygen atoms in total. The Bertz CT molecular complexity index is 2070. The smallest absolute Gasteiger partial charge is 0.339 e. The van der Waals surface area contributed by atoms with Gasteiger partial charge in [0.1, 0.15) is 0 Å². The highest BCUT2D eigenvalue weighted by atomic mass is 35.5. The summed E-state index contributed by atoms with van der Waals surface area (Å²) in [7, 11) is 0. The van der Waals surface area contributed by atoms with Crippen LogP contribution in [0.2, 0.25) is 5.02 Å². The topological polar surface area (TPSA) is 137 Å². The van der Waals surface area contributed by atoms with E-state index in [0.29, 0.717) is 50.3 Å². The number of benzene rings is 3. The molecular weight excluding hydrogens is 622 g/mol. The summed E-state index contributed by atoms with van der Waals surface area (Å²) in [6.45, 7) is 0.934. The third kappa shape index (κ3) is 4.66. The first-order valence-corrected chi connectivity index (χ1v) is 15.7. The summed E-state index contributed by atoms with van der Waals surface area (Å²) >= 11 is 6.24. The molecule has 3 fully saturated rings. The number of amides is 2. The minimum Gasteiger partial charge on any atom is -0.454 e. The zero-order chi connectivity index (χ0) is 32.7. The third-order valence-corrected chi connectivity index (χ3v) is 10.4. The number of nitro groups is 1. The predicted octanol–water partition coefficient (Wildman–Crippen LogP) is 6.37. The molecular formula is C36H26ClN3O7. The number of Topliss-reactive ketones (excluding diaryl/α,β-unsaturated/α-hetero) is 1. The van der Waals surface area contributed by atoms with E-state index in [9.17, 15) is 29.3 Å². The lowest BCUT2D eigenvalue weighted by atomic mass is 9.63. The zero-order valence-corrected chi connectivity index (χ0v) is 25.7. The minimum atomic E-state index is -0.801. The highest BCUT2D eigenvalue weighted by Crippen LogP contribution is 2.65. The van der Waals surface area contributed by atoms with Crippen LogP contribution < -0.4 is 4.90 Å². The maximum absolute atomic E-state index is 13.6. The summed E-state index contributed by atoms with van der Waals surface area (Å²) in [4.78, 5) is 70.1. The summed E-state index contributed by atoms with van der Waals surface area (Å²) in [6.07, 6.45) is 5.38. The fourth-order valence-electron chi connectivity index (χ4n) is 7.78. The maximum Gasteiger partial charge on any atom is 0.339 e. The Morgan fingerprint density at radius 1 is 0.957 bits per heavy atom. The van der Waals surface area contributed by atoms with Crippen LogP contribution in [0.5, 0.6) is 0 Å². The van der Waals surface area contributed by atoms with Gasteiger partial charge in [0.15, 0.2) is 6.61 Å². The lowest BCUT2D eigenvalue weighted by Gasteiger charge is -2.37. The van der Waals surface area contributed by atoms with Gasteiger partial charge in [-0.3, -0.25) is 29.4 Å². The molecule has 6 unspecified atom stereocenters. The first kappa shape index (κ1) is 29.2. The number of fused-ring (bicyclic) bond motifs is 1. The molecule has 1 aliphatic heterocycles. The van der Waals surface area contributed by atoms with E-state index in [2.05, 4.69) is 12.2 Å². The molecule has 9 rings (SSSR count). The minimum absolute atomic E-state index is 0.0495. The molecule has 6 atom stereocenters. The first-order valence-electron chi connectivity index (χ1n) is 15.3. The number of rotatable bonds is 7. The van der Waals surface area contributed by atoms with Crippen LogP contribution in [0.1, 0.15) is 32.7 Å². The fraction of sp³-hybridized carbons (Fsp3) is 0.250. The summed E-state index contributed by atoms with van der Waals surface area (Å²) < 4.78 is 5.39. The highest BCUT2D eigenvalue weighted by Gasteiger charge is 2.67. The fourth-order valence-corrected chi connectivity index (χ4v) is 7.95. The monoisotopic (exact) mass is 647 g/mol. The van der Waals surface area contributed by atoms with Crippen molar-refractivity contribution in [3.8, 4) is 11.3 Å². The van der Waals surface area contributed by atoms with Crippen LogP contribution in [-0.2, 0) is 14.3 Å². The largest absolute Gasteiger partial charge is 0.454 e. The van der Waals surface area contributed by atoms with Gasteiger partial charge in [0.2, 0.25) is 17.6 Å². The number of esters is 1. The van der Waals surface area contributed by atoms with Crippen molar-refractivity contribution in [1.82, 2.24) is 4.98 Å². The van der Waals surface area contributed by atoms with E-state index in [1.807, 2.05) is 0 Å². The Hall–Kier alpha value is -5.22. The zero-order valence-electron chi connectivity index (χ0n) is 25.0. The standard InChI is InChI=1S/C36H26ClN3O7/c1-17-2-3-19(12-30(17)40(45)46)31(41)16-47-36(44)27-15-29(38-28-11-6-20(37)13-26(27)28)18-4-7-21(8-5-18)39-34(42)32-22-9-10-23(25-14-24(22)25)33(32)35(39)43/h2-13,15,22-25,32-33H,14,16H2,1H3. The maximum atomic E-state index is 13.6. The molecule has 5 aliphatic rings. The molecule has 1 aromatic heterocycles. The van der Waals surface area contributed by atoms with Crippen LogP contribution in [-0.4, -0.2) is 40.1 Å². The number of hydrogen-bond donors (Lipinski definition) is 0. The number of nitrogens with zero attached hydrogens (tertiary/aromatic N) is 3. The van der Waals surface area contributed by atoms with Gasteiger partial charge in [-0.2, -0.15) is 0 Å². The molecule has 2 heterocycles. The SMILES string of the molecule is Cc1ccc(C(=O)COC(=O)c2cc(-c3ccc(N4C(=O)C5C6C=CC(C7CC67)C5C4=O)cc3)nc3ccc(Cl)cc23)cc1[N+](=O)[O-]. The van der Waals surface area contributed by atoms with E-state index in [4.69, 9.17) is 21.3 Å². The second-order valence-corrected chi connectivity index (χ2v) is 13.1. The second kappa shape index (κ2) is 10.7. The van der Waals surface area contributed by atoms with Gasteiger partial charge in [-0.05, 0) is 73.4 Å². The summed E-state index contributed by atoms with van der Waals surface area (Å²) in [5.41, 5.74) is 2.37. The average molecular weight is 648 g/mol. The highest BCUT2D eigenvalue weighted by molar-refractivity contribution is 6.31. The van der Waals surface area contributed by atoms with Crippen molar-refractivity contribution < 1.29 is 28.8 Å². The van der Waals surface area contributed by atoms with Crippen molar-refractivity contribution in [2.75, 3.05) is 11.5 Å². The third-order valence-electron chi connectivity index (χ3n) is 10.1. The van der Waals surface area contributed by atoms with Crippen LogP contribution in [0.4, 0.5) is 11.4 Å². The molecule has 0 radical (unpaired) electrons. The number of carbonyl (C=O) groups excluding carboxylic acids is 4. The van der Waals surface area contributed by atoms with E-state index in [0.717, 1.165) is 12.5 Å². The number of carbonyl (C=O) groups is 4. The molecule has 2 amide bonds. The van der Waals surface area contributed by atoms with Crippen molar-refractivity contribution in [3.63, 3.8) is 0 Å². The summed E-state index contributed by atoms with van der Waals surface area (Å²) in [5.74, 6) is -0.969. The number of hydrogen-bond acceptors (Lipinski definition) is 8. The van der Waals surface area contributed by atoms with E-state index in [1.165, 1.54) is 23.1 Å². The number of aryl methyl sites for hydroxylation is 1. The molecule has 11 heteroatoms. The number of pyridine rings is 1. The van der Waals surface area contributed by atoms with Gasteiger partial charge >= 0.3 is 5.97 Å². The van der Waals surface area contributed by atoms with Gasteiger partial charge in [0.05, 0.1) is 39.2 Å². The van der Waals surface area contributed by atoms with Crippen molar-refractivity contribution in [2.45, 2.75) is 13.3 Å². The van der Waals surface area contributed by atoms with Crippen LogP contribution in [0.15, 0.2) is 78.9 Å². The summed E-state index contributed by atoms with van der Waals surface area (Å²) in [6, 6.07) is 17.4. The number of imide groups is 1. The molecule has 3 aromatic carbocycles. The van der Waals surface area contributed by atoms with Crippen LogP contribution in [0, 0.1) is 52.5 Å². The van der Waals surface area contributed by atoms with Crippen LogP contribution >= 0.6 is 11.6 Å². The molecule has 2 bridgehead atoms. The van der Waals surface area contributed by atoms with Crippen LogP contribution in [0.25, 0.3) is 22.2 Å². The Kier molecular flexibility index (Phi) is 6.63. The Labute approximate surface area is 273 Å². The van der Waals surface area contributed by atoms with E-state index in [-0.39, 0.29) is 52.3 Å². The number of anilines is 1. The van der Waals surface area contributed by atoms with E-state index < -0.39 is 23.3 Å². The second-order valence-electron chi connectivity index (χ2n) is 12.7. The lowest BCUT2D eigenvalue weighted by molar-refractivity contribution is -0.385. The molecule has 234 valence electrons. The molecule has 0 spiro atoms. The normalized spacial score (nSPS) is 25.1. The first-order chi connectivity index (χ1) is 22.6. The van der Waals surface area contributed by atoms with Crippen molar-refractivity contribution >= 4 is 57.4 Å². The van der Waals surface area contributed by atoms with E-state index in [1.54, 1.807) is 49.4 Å². The number of ether oxygens (including phenoxy) is 1. The number of allylic oxidation sites excluding steroid dienone is 2. The van der Waals surface area contributed by atoms with Gasteiger partial charge in [-0.1, -0.05) is 48.0 Å². The van der Waals surface area contributed by atoms with E-state index >= 15 is 0 Å². The molecule has 4 aliphatic carbocycles. The Balaban J connectivity index is 1.06. The van der Waals surface area contributed by atoms with Gasteiger partial charge in [0, 0.05) is 33.2 Å². The lowest BCUT2D eigenvalue weighted by Crippen LogP contribution is -2.40. The average Bonchev–Trinajstić information content (AvgIpc) is 3.85. The van der Waals surface area contributed by atoms with Gasteiger partial charge in [-0.25, -0.2) is 9.78 Å².